The Hall–Kier alpha value is -5.21. The zero-order valence-corrected chi connectivity index (χ0v) is 31.9. The second-order valence-electron chi connectivity index (χ2n) is 13.5. The summed E-state index contributed by atoms with van der Waals surface area (Å²) in [7, 11) is 0. The van der Waals surface area contributed by atoms with Crippen LogP contribution in [0.5, 0.6) is 5.75 Å². The van der Waals surface area contributed by atoms with Crippen molar-refractivity contribution >= 4 is 35.5 Å². The van der Waals surface area contributed by atoms with Gasteiger partial charge in [0.1, 0.15) is 55.6 Å². The van der Waals surface area contributed by atoms with E-state index in [-0.39, 0.29) is 44.5 Å². The topological polar surface area (TPSA) is 230 Å². The molecule has 11 unspecified atom stereocenters. The van der Waals surface area contributed by atoms with Crippen molar-refractivity contribution in [3.63, 3.8) is 0 Å². The van der Waals surface area contributed by atoms with Crippen LogP contribution in [0.25, 0.3) is 0 Å². The highest BCUT2D eigenvalue weighted by molar-refractivity contribution is 5.68. The molecule has 0 radical (unpaired) electrons. The molecule has 19 nitrogen and oxygen atoms in total. The lowest BCUT2D eigenvalue weighted by molar-refractivity contribution is -0.384. The maximum absolute atomic E-state index is 12.5. The monoisotopic (exact) mass is 803 g/mol. The Morgan fingerprint density at radius 3 is 1.82 bits per heavy atom. The second kappa shape index (κ2) is 19.8. The van der Waals surface area contributed by atoms with Crippen LogP contribution in [-0.2, 0) is 71.3 Å². The predicted octanol–water partition coefficient (Wildman–Crippen LogP) is 2.55. The van der Waals surface area contributed by atoms with Crippen LogP contribution in [0.3, 0.4) is 0 Å². The zero-order valence-electron chi connectivity index (χ0n) is 31.9. The fraction of sp³-hybridized carbons (Fsp3) is 0.553. The first-order valence-corrected chi connectivity index (χ1v) is 18.1. The predicted molar refractivity (Wildman–Crippen MR) is 189 cm³/mol. The van der Waals surface area contributed by atoms with Crippen molar-refractivity contribution in [3.8, 4) is 5.75 Å². The fourth-order valence-corrected chi connectivity index (χ4v) is 6.84. The van der Waals surface area contributed by atoms with Crippen LogP contribution in [0.4, 0.5) is 5.69 Å². The minimum absolute atomic E-state index is 0.0220. The van der Waals surface area contributed by atoms with E-state index in [1.54, 1.807) is 0 Å². The number of ether oxygens (including phenoxy) is 11. The summed E-state index contributed by atoms with van der Waals surface area (Å²) in [5.41, 5.74) is 0.546. The van der Waals surface area contributed by atoms with Gasteiger partial charge in [0.25, 0.3) is 5.69 Å². The van der Waals surface area contributed by atoms with E-state index < -0.39 is 102 Å². The van der Waals surface area contributed by atoms with E-state index in [2.05, 4.69) is 0 Å². The number of nitro benzene ring substituents is 1. The Kier molecular flexibility index (Phi) is 14.9. The molecule has 0 bridgehead atoms. The van der Waals surface area contributed by atoms with Crippen LogP contribution in [0.2, 0.25) is 0 Å². The first-order chi connectivity index (χ1) is 27.2. The fourth-order valence-electron chi connectivity index (χ4n) is 6.84. The van der Waals surface area contributed by atoms with Gasteiger partial charge in [0.15, 0.2) is 24.6 Å². The molecule has 0 amide bonds. The first-order valence-electron chi connectivity index (χ1n) is 18.1. The van der Waals surface area contributed by atoms with Gasteiger partial charge in [-0.2, -0.15) is 0 Å². The van der Waals surface area contributed by atoms with Crippen LogP contribution in [-0.4, -0.2) is 123 Å². The van der Waals surface area contributed by atoms with E-state index >= 15 is 0 Å². The lowest BCUT2D eigenvalue weighted by Crippen LogP contribution is -2.64. The van der Waals surface area contributed by atoms with Gasteiger partial charge in [-0.25, -0.2) is 0 Å². The van der Waals surface area contributed by atoms with E-state index in [4.69, 9.17) is 52.1 Å². The average Bonchev–Trinajstić information content (AvgIpc) is 3.15. The third-order valence-electron chi connectivity index (χ3n) is 9.15. The summed E-state index contributed by atoms with van der Waals surface area (Å²) in [4.78, 5) is 72.2. The quantitative estimate of drug-likeness (QED) is 0.109. The lowest BCUT2D eigenvalue weighted by Gasteiger charge is -2.48. The van der Waals surface area contributed by atoms with Crippen molar-refractivity contribution in [3.05, 3.63) is 70.3 Å². The standard InChI is InChI=1S/C38H45NO18/c1-20(40)48-17-29-28(33(51-21(2)41)34(52-22(3)42)31(55-29)18-49-27-13-11-26(12-14-27)39(45)46)15-47-16-30-35(53-23(4)43)37(54-24(5)44)36-32(56-30)19-50-38(57-36)25-9-7-6-8-10-25/h6-14,28-38H,15-19H2,1-5H3. The van der Waals surface area contributed by atoms with Gasteiger partial charge in [-0.3, -0.25) is 34.1 Å². The molecular formula is C38H45NO18. The molecule has 5 rings (SSSR count). The minimum Gasteiger partial charge on any atom is -0.491 e. The number of carbonyl (C=O) groups is 5. The normalized spacial score (nSPS) is 29.5. The average molecular weight is 804 g/mol. The molecule has 3 aliphatic rings. The molecular weight excluding hydrogens is 758 g/mol. The Balaban J connectivity index is 1.37. The molecule has 0 aromatic heterocycles. The molecule has 0 N–H and O–H groups in total. The SMILES string of the molecule is CC(=O)OCC1OC(COc2ccc([N+](=O)[O-])cc2)C(OC(C)=O)C(OC(C)=O)C1COCC1OC2COC(c3ccccc3)OC2C(OC(C)=O)C1OC(C)=O. The summed E-state index contributed by atoms with van der Waals surface area (Å²) in [5, 5.41) is 11.1. The van der Waals surface area contributed by atoms with Gasteiger partial charge in [0, 0.05) is 52.3 Å². The van der Waals surface area contributed by atoms with E-state index in [1.807, 2.05) is 30.3 Å². The largest absolute Gasteiger partial charge is 0.491 e. The van der Waals surface area contributed by atoms with E-state index in [0.717, 1.165) is 13.8 Å². The summed E-state index contributed by atoms with van der Waals surface area (Å²) >= 11 is 0. The smallest absolute Gasteiger partial charge is 0.303 e. The third-order valence-corrected chi connectivity index (χ3v) is 9.15. The number of non-ortho nitro benzene ring substituents is 1. The highest BCUT2D eigenvalue weighted by atomic mass is 16.7. The maximum Gasteiger partial charge on any atom is 0.303 e. The number of hydrogen-bond donors (Lipinski definition) is 0. The molecule has 11 atom stereocenters. The van der Waals surface area contributed by atoms with Crippen molar-refractivity contribution in [1.29, 1.82) is 0 Å². The van der Waals surface area contributed by atoms with Crippen LogP contribution < -0.4 is 4.74 Å². The van der Waals surface area contributed by atoms with E-state index in [1.165, 1.54) is 45.0 Å². The van der Waals surface area contributed by atoms with Gasteiger partial charge in [-0.1, -0.05) is 30.3 Å². The van der Waals surface area contributed by atoms with Crippen molar-refractivity contribution in [2.75, 3.05) is 33.0 Å². The third kappa shape index (κ3) is 11.7. The van der Waals surface area contributed by atoms with Crippen LogP contribution >= 0.6 is 0 Å². The van der Waals surface area contributed by atoms with Crippen molar-refractivity contribution in [2.24, 2.45) is 5.92 Å². The summed E-state index contributed by atoms with van der Waals surface area (Å²) in [5.74, 6) is -4.20. The molecule has 2 aromatic carbocycles. The number of hydrogen-bond acceptors (Lipinski definition) is 18. The molecule has 2 aromatic rings. The number of fused-ring (bicyclic) bond motifs is 1. The molecule has 57 heavy (non-hydrogen) atoms. The number of benzene rings is 2. The molecule has 0 spiro atoms. The summed E-state index contributed by atoms with van der Waals surface area (Å²) in [6.07, 6.45) is -10.6. The Labute approximate surface area is 327 Å². The molecule has 3 aliphatic heterocycles. The molecule has 0 saturated carbocycles. The minimum atomic E-state index is -1.27. The van der Waals surface area contributed by atoms with Crippen molar-refractivity contribution < 1.29 is 81.0 Å². The van der Waals surface area contributed by atoms with Crippen molar-refractivity contribution in [2.45, 2.75) is 95.8 Å². The number of esters is 5. The molecule has 3 fully saturated rings. The highest BCUT2D eigenvalue weighted by Gasteiger charge is 2.54. The van der Waals surface area contributed by atoms with Gasteiger partial charge in [-0.15, -0.1) is 0 Å². The van der Waals surface area contributed by atoms with Crippen LogP contribution in [0.1, 0.15) is 46.5 Å². The van der Waals surface area contributed by atoms with Gasteiger partial charge < -0.3 is 52.1 Å². The summed E-state index contributed by atoms with van der Waals surface area (Å²) in [6, 6.07) is 14.3. The maximum atomic E-state index is 12.5. The van der Waals surface area contributed by atoms with Gasteiger partial charge in [0.2, 0.25) is 0 Å². The van der Waals surface area contributed by atoms with E-state index in [9.17, 15) is 34.1 Å². The zero-order chi connectivity index (χ0) is 41.2. The highest BCUT2D eigenvalue weighted by Crippen LogP contribution is 2.37. The Morgan fingerprint density at radius 1 is 0.649 bits per heavy atom. The Morgan fingerprint density at radius 2 is 1.23 bits per heavy atom. The van der Waals surface area contributed by atoms with Gasteiger partial charge in [0.05, 0.1) is 30.7 Å². The van der Waals surface area contributed by atoms with Gasteiger partial charge >= 0.3 is 29.8 Å². The lowest BCUT2D eigenvalue weighted by atomic mass is 9.86. The number of nitro groups is 1. The summed E-state index contributed by atoms with van der Waals surface area (Å²) < 4.78 is 64.9. The molecule has 3 saturated heterocycles. The number of carbonyl (C=O) groups excluding carboxylic acids is 5. The van der Waals surface area contributed by atoms with E-state index in [0.29, 0.717) is 5.56 Å². The molecule has 19 heteroatoms. The van der Waals surface area contributed by atoms with Crippen LogP contribution in [0, 0.1) is 16.0 Å². The molecule has 3 heterocycles. The first kappa shape index (κ1) is 42.9. The number of rotatable bonds is 15. The summed E-state index contributed by atoms with van der Waals surface area (Å²) in [6.45, 7) is 4.73. The molecule has 0 aliphatic carbocycles. The van der Waals surface area contributed by atoms with Gasteiger partial charge in [-0.05, 0) is 12.1 Å². The number of nitrogens with zero attached hydrogens (tertiary/aromatic N) is 1. The second-order valence-corrected chi connectivity index (χ2v) is 13.5. The molecule has 310 valence electrons. The van der Waals surface area contributed by atoms with Crippen LogP contribution in [0.15, 0.2) is 54.6 Å². The van der Waals surface area contributed by atoms with Crippen molar-refractivity contribution in [1.82, 2.24) is 0 Å². The Bertz CT molecular complexity index is 1720.